The third-order valence-corrected chi connectivity index (χ3v) is 8.75. The molecule has 1 aliphatic heterocycles. The van der Waals surface area contributed by atoms with Crippen molar-refractivity contribution in [2.24, 2.45) is 5.92 Å². The highest BCUT2D eigenvalue weighted by atomic mass is 16.5. The van der Waals surface area contributed by atoms with Gasteiger partial charge in [-0.3, -0.25) is 4.79 Å². The highest BCUT2D eigenvalue weighted by molar-refractivity contribution is 5.91. The lowest BCUT2D eigenvalue weighted by molar-refractivity contribution is -0.159. The van der Waals surface area contributed by atoms with Gasteiger partial charge in [0.05, 0.1) is 25.2 Å². The number of hydrogen-bond donors (Lipinski definition) is 0. The third-order valence-electron chi connectivity index (χ3n) is 8.75. The van der Waals surface area contributed by atoms with E-state index in [-0.39, 0.29) is 23.0 Å². The van der Waals surface area contributed by atoms with Crippen LogP contribution in [-0.4, -0.2) is 68.3 Å². The van der Waals surface area contributed by atoms with Crippen molar-refractivity contribution in [3.8, 4) is 5.75 Å². The van der Waals surface area contributed by atoms with Crippen LogP contribution in [0.25, 0.3) is 6.08 Å². The minimum absolute atomic E-state index is 0.0214. The maximum absolute atomic E-state index is 13.1. The number of likely N-dealkylation sites (tertiary alicyclic amines) is 1. The average Bonchev–Trinajstić information content (AvgIpc) is 3.55. The second-order valence-electron chi connectivity index (χ2n) is 10.7. The van der Waals surface area contributed by atoms with Gasteiger partial charge in [-0.1, -0.05) is 12.1 Å². The molecule has 5 rings (SSSR count). The smallest absolute Gasteiger partial charge is 0.246 e. The van der Waals surface area contributed by atoms with E-state index in [1.54, 1.807) is 25.7 Å². The van der Waals surface area contributed by atoms with Gasteiger partial charge in [-0.2, -0.15) is 0 Å². The standard InChI is InChI=1S/C29H38N2O4/c1-30(27(32)10-9-23-12-16-35-20-23)25-11-13-29(34-3)21-31(19-22-7-8-22)15-14-28(29,18-25)24-5-4-6-26(17-24)33-2/h4-6,9-10,12,16-17,20,22,25H,7-8,11,13-15,18-19,21H2,1-3H3/b10-9+/t25-,28-,29-/m0/s1. The normalized spacial score (nSPS) is 29.2. The molecule has 2 aromatic rings. The molecule has 6 nitrogen and oxygen atoms in total. The Kier molecular flexibility index (Phi) is 6.78. The van der Waals surface area contributed by atoms with Crippen LogP contribution in [0.3, 0.4) is 0 Å². The quantitative estimate of drug-likeness (QED) is 0.513. The van der Waals surface area contributed by atoms with E-state index in [9.17, 15) is 4.79 Å². The Bertz CT molecular complexity index is 1050. The molecule has 1 saturated heterocycles. The minimum Gasteiger partial charge on any atom is -0.497 e. The lowest BCUT2D eigenvalue weighted by atomic mass is 9.55. The van der Waals surface area contributed by atoms with Gasteiger partial charge >= 0.3 is 0 Å². The summed E-state index contributed by atoms with van der Waals surface area (Å²) < 4.78 is 17.3. The van der Waals surface area contributed by atoms with Gasteiger partial charge in [-0.05, 0) is 80.8 Å². The number of carbonyl (C=O) groups excluding carboxylic acids is 1. The van der Waals surface area contributed by atoms with E-state index in [4.69, 9.17) is 13.9 Å². The summed E-state index contributed by atoms with van der Waals surface area (Å²) in [6, 6.07) is 10.5. The van der Waals surface area contributed by atoms with Gasteiger partial charge < -0.3 is 23.7 Å². The first kappa shape index (κ1) is 24.1. The van der Waals surface area contributed by atoms with Crippen LogP contribution >= 0.6 is 0 Å². The predicted molar refractivity (Wildman–Crippen MR) is 136 cm³/mol. The molecule has 1 aromatic carbocycles. The van der Waals surface area contributed by atoms with E-state index < -0.39 is 0 Å². The lowest BCUT2D eigenvalue weighted by Crippen LogP contribution is -2.68. The molecule has 2 heterocycles. The van der Waals surface area contributed by atoms with Crippen LogP contribution in [0.5, 0.6) is 5.75 Å². The topological polar surface area (TPSA) is 55.2 Å². The summed E-state index contributed by atoms with van der Waals surface area (Å²) in [7, 11) is 5.55. The number of methoxy groups -OCH3 is 2. The SMILES string of the molecule is COc1cccc([C@@]23CCN(CC4CC4)C[C@@]2(OC)CC[C@H](N(C)C(=O)/C=C/c2ccoc2)C3)c1. The number of nitrogens with zero attached hydrogens (tertiary/aromatic N) is 2. The van der Waals surface area contributed by atoms with Crippen LogP contribution in [0.15, 0.2) is 53.4 Å². The molecule has 0 N–H and O–H groups in total. The third kappa shape index (κ3) is 4.66. The molecule has 3 fully saturated rings. The van der Waals surface area contributed by atoms with Gasteiger partial charge in [0.25, 0.3) is 0 Å². The largest absolute Gasteiger partial charge is 0.497 e. The zero-order valence-corrected chi connectivity index (χ0v) is 21.2. The number of amides is 1. The monoisotopic (exact) mass is 478 g/mol. The zero-order chi connectivity index (χ0) is 24.5. The fraction of sp³-hybridized carbons (Fsp3) is 0.552. The summed E-state index contributed by atoms with van der Waals surface area (Å²) in [5.41, 5.74) is 1.70. The molecule has 0 radical (unpaired) electrons. The van der Waals surface area contributed by atoms with Crippen LogP contribution in [0.2, 0.25) is 0 Å². The predicted octanol–water partition coefficient (Wildman–Crippen LogP) is 4.75. The maximum Gasteiger partial charge on any atom is 0.246 e. The van der Waals surface area contributed by atoms with E-state index in [0.717, 1.165) is 56.0 Å². The number of rotatable bonds is 8. The molecule has 0 unspecified atom stereocenters. The number of hydrogen-bond acceptors (Lipinski definition) is 5. The van der Waals surface area contributed by atoms with Crippen molar-refractivity contribution in [3.63, 3.8) is 0 Å². The molecular formula is C29H38N2O4. The van der Waals surface area contributed by atoms with Gasteiger partial charge in [0, 0.05) is 50.3 Å². The van der Waals surface area contributed by atoms with E-state index in [2.05, 4.69) is 23.1 Å². The molecule has 0 bridgehead atoms. The number of likely N-dealkylation sites (N-methyl/N-ethyl adjacent to an activating group) is 1. The van der Waals surface area contributed by atoms with Gasteiger partial charge in [0.2, 0.25) is 5.91 Å². The number of piperidine rings is 1. The summed E-state index contributed by atoms with van der Waals surface area (Å²) in [6.45, 7) is 3.19. The first-order chi connectivity index (χ1) is 17.0. The zero-order valence-electron chi connectivity index (χ0n) is 21.2. The summed E-state index contributed by atoms with van der Waals surface area (Å²) >= 11 is 0. The fourth-order valence-corrected chi connectivity index (χ4v) is 6.47. The summed E-state index contributed by atoms with van der Waals surface area (Å²) in [5.74, 6) is 1.75. The van der Waals surface area contributed by atoms with Crippen LogP contribution in [-0.2, 0) is 14.9 Å². The molecule has 3 atom stereocenters. The highest BCUT2D eigenvalue weighted by Crippen LogP contribution is 2.54. The van der Waals surface area contributed by atoms with Crippen LogP contribution in [0.1, 0.15) is 49.7 Å². The molecule has 35 heavy (non-hydrogen) atoms. The minimum atomic E-state index is -0.278. The molecule has 1 amide bonds. The summed E-state index contributed by atoms with van der Waals surface area (Å²) in [5, 5.41) is 0. The van der Waals surface area contributed by atoms with Crippen molar-refractivity contribution in [2.75, 3.05) is 40.9 Å². The maximum atomic E-state index is 13.1. The number of ether oxygens (including phenoxy) is 2. The van der Waals surface area contributed by atoms with Crippen molar-refractivity contribution < 1.29 is 18.7 Å². The van der Waals surface area contributed by atoms with Crippen molar-refractivity contribution in [2.45, 2.75) is 55.6 Å². The van der Waals surface area contributed by atoms with Gasteiger partial charge in [0.15, 0.2) is 0 Å². The molecule has 3 aliphatic rings. The summed E-state index contributed by atoms with van der Waals surface area (Å²) in [4.78, 5) is 17.7. The molecule has 1 aromatic heterocycles. The fourth-order valence-electron chi connectivity index (χ4n) is 6.47. The Labute approximate surface area is 208 Å². The molecule has 2 aliphatic carbocycles. The van der Waals surface area contributed by atoms with Gasteiger partial charge in [-0.15, -0.1) is 0 Å². The molecule has 188 valence electrons. The second kappa shape index (κ2) is 9.82. The van der Waals surface area contributed by atoms with Gasteiger partial charge in [-0.25, -0.2) is 0 Å². The number of carbonyl (C=O) groups is 1. The van der Waals surface area contributed by atoms with E-state index >= 15 is 0 Å². The highest BCUT2D eigenvalue weighted by Gasteiger charge is 2.59. The first-order valence-corrected chi connectivity index (χ1v) is 12.9. The molecule has 0 spiro atoms. The second-order valence-corrected chi connectivity index (χ2v) is 10.7. The van der Waals surface area contributed by atoms with Gasteiger partial charge in [0.1, 0.15) is 5.75 Å². The molecule has 6 heteroatoms. The number of furan rings is 1. The van der Waals surface area contributed by atoms with E-state index in [1.165, 1.54) is 24.9 Å². The Morgan fingerprint density at radius 2 is 2.09 bits per heavy atom. The van der Waals surface area contributed by atoms with Crippen LogP contribution in [0.4, 0.5) is 0 Å². The average molecular weight is 479 g/mol. The Morgan fingerprint density at radius 1 is 1.23 bits per heavy atom. The van der Waals surface area contributed by atoms with Crippen molar-refractivity contribution in [3.05, 3.63) is 60.1 Å². The Balaban J connectivity index is 1.44. The van der Waals surface area contributed by atoms with E-state index in [1.807, 2.05) is 37.3 Å². The Hall–Kier alpha value is -2.57. The Morgan fingerprint density at radius 3 is 2.80 bits per heavy atom. The number of benzene rings is 1. The molecular weight excluding hydrogens is 440 g/mol. The molecule has 2 saturated carbocycles. The van der Waals surface area contributed by atoms with Crippen molar-refractivity contribution in [1.82, 2.24) is 9.80 Å². The summed E-state index contributed by atoms with van der Waals surface area (Å²) in [6.07, 6.45) is 13.2. The number of fused-ring (bicyclic) bond motifs is 1. The van der Waals surface area contributed by atoms with Crippen LogP contribution in [0, 0.1) is 5.92 Å². The lowest BCUT2D eigenvalue weighted by Gasteiger charge is -2.60. The van der Waals surface area contributed by atoms with Crippen molar-refractivity contribution >= 4 is 12.0 Å². The van der Waals surface area contributed by atoms with E-state index in [0.29, 0.717) is 0 Å². The van der Waals surface area contributed by atoms with Crippen molar-refractivity contribution in [1.29, 1.82) is 0 Å². The van der Waals surface area contributed by atoms with Crippen LogP contribution < -0.4 is 4.74 Å². The first-order valence-electron chi connectivity index (χ1n) is 12.9.